The number of halogens is 2. The molecule has 0 aromatic carbocycles. The molecule has 4 heteroatoms. The molecular formula is CH2Cl2N2. The van der Waals surface area contributed by atoms with Crippen molar-refractivity contribution in [2.45, 2.75) is 0 Å². The smallest absolute Gasteiger partial charge is 0.0967 e. The molecule has 0 radical (unpaired) electrons. The van der Waals surface area contributed by atoms with E-state index < -0.39 is 0 Å². The lowest BCUT2D eigenvalue weighted by Gasteiger charge is -1.42. The third-order valence-electron chi connectivity index (χ3n) is 0. The SMILES string of the molecule is ClCCl.N#N. The molecule has 0 rings (SSSR count). The molecule has 0 atom stereocenters. The van der Waals surface area contributed by atoms with Crippen molar-refractivity contribution in [2.24, 2.45) is 0 Å². The van der Waals surface area contributed by atoms with E-state index in [1.807, 2.05) is 0 Å². The first-order chi connectivity index (χ1) is 2.41. The highest BCUT2D eigenvalue weighted by Gasteiger charge is 1.41. The van der Waals surface area contributed by atoms with E-state index in [1.165, 1.54) is 0 Å². The van der Waals surface area contributed by atoms with Crippen LogP contribution in [0.5, 0.6) is 0 Å². The van der Waals surface area contributed by atoms with Gasteiger partial charge in [-0.2, -0.15) is 0 Å². The Morgan fingerprint density at radius 3 is 1.20 bits per heavy atom. The molecule has 2 nitrogen and oxygen atoms in total. The van der Waals surface area contributed by atoms with Crippen molar-refractivity contribution in [3.05, 3.63) is 0 Å². The molecular weight excluding hydrogens is 111 g/mol. The van der Waals surface area contributed by atoms with E-state index in [0.717, 1.165) is 0 Å². The Hall–Kier alpha value is 0. The van der Waals surface area contributed by atoms with Crippen molar-refractivity contribution in [1.29, 1.82) is 10.8 Å². The van der Waals surface area contributed by atoms with Crippen LogP contribution in [0.1, 0.15) is 0 Å². The van der Waals surface area contributed by atoms with Gasteiger partial charge in [-0.25, -0.2) is 0 Å². The third kappa shape index (κ3) is 0. The van der Waals surface area contributed by atoms with Crippen molar-refractivity contribution in [3.63, 3.8) is 0 Å². The van der Waals surface area contributed by atoms with Gasteiger partial charge in [-0.3, -0.25) is 0 Å². The summed E-state index contributed by atoms with van der Waals surface area (Å²) in [5.41, 5.74) is 0. The second-order valence-corrected chi connectivity index (χ2v) is 0.909. The van der Waals surface area contributed by atoms with Crippen LogP contribution in [0.4, 0.5) is 0 Å². The molecule has 0 aromatic heterocycles. The first-order valence-corrected chi connectivity index (χ1v) is 1.80. The molecule has 0 aromatic rings. The van der Waals surface area contributed by atoms with Gasteiger partial charge in [0.15, 0.2) is 0 Å². The topological polar surface area (TPSA) is 47.6 Å². The molecule has 30 valence electrons. The zero-order valence-corrected chi connectivity index (χ0v) is 3.87. The van der Waals surface area contributed by atoms with Crippen molar-refractivity contribution in [3.8, 4) is 0 Å². The Balaban J connectivity index is 0. The first kappa shape index (κ1) is 8.89. The van der Waals surface area contributed by atoms with Gasteiger partial charge in [0.1, 0.15) is 0 Å². The Bertz CT molecular complexity index is 18.9. The van der Waals surface area contributed by atoms with Crippen LogP contribution in [0.3, 0.4) is 0 Å². The van der Waals surface area contributed by atoms with Gasteiger partial charge in [0.2, 0.25) is 0 Å². The zero-order valence-electron chi connectivity index (χ0n) is 2.36. The van der Waals surface area contributed by atoms with Crippen LogP contribution in [0.25, 0.3) is 0 Å². The molecule has 0 aliphatic rings. The van der Waals surface area contributed by atoms with E-state index in [-0.39, 0.29) is 5.34 Å². The fraction of sp³-hybridized carbons (Fsp3) is 1.00. The summed E-state index contributed by atoms with van der Waals surface area (Å²) in [6.07, 6.45) is 0. The average Bonchev–Trinajstić information content (AvgIpc) is 1.46. The number of hydrogen-bond acceptors (Lipinski definition) is 2. The van der Waals surface area contributed by atoms with Gasteiger partial charge in [0, 0.05) is 10.8 Å². The summed E-state index contributed by atoms with van der Waals surface area (Å²) in [5.74, 6) is 0. The van der Waals surface area contributed by atoms with Crippen LogP contribution >= 0.6 is 23.2 Å². The molecule has 0 unspecified atom stereocenters. The summed E-state index contributed by atoms with van der Waals surface area (Å²) in [6, 6.07) is 0. The van der Waals surface area contributed by atoms with Crippen LogP contribution < -0.4 is 0 Å². The van der Waals surface area contributed by atoms with Crippen molar-refractivity contribution >= 4 is 23.2 Å². The summed E-state index contributed by atoms with van der Waals surface area (Å²) in [6.45, 7) is 0. The van der Waals surface area contributed by atoms with E-state index in [1.54, 1.807) is 0 Å². The van der Waals surface area contributed by atoms with Crippen LogP contribution in [0, 0.1) is 10.8 Å². The summed E-state index contributed by atoms with van der Waals surface area (Å²) in [5, 5.41) is 12.2. The Labute approximate surface area is 40.1 Å². The monoisotopic (exact) mass is 112 g/mol. The fourth-order valence-corrected chi connectivity index (χ4v) is 0. The molecule has 0 aliphatic carbocycles. The second kappa shape index (κ2) is 36.0. The Kier molecular flexibility index (Phi) is 64.0. The minimum Gasteiger partial charge on any atom is -0.109 e. The predicted molar refractivity (Wildman–Crippen MR) is 20.0 cm³/mol. The maximum Gasteiger partial charge on any atom is 0.0967 e. The van der Waals surface area contributed by atoms with Gasteiger partial charge >= 0.3 is 0 Å². The third-order valence-corrected chi connectivity index (χ3v) is 0. The quantitative estimate of drug-likeness (QED) is 0.352. The maximum absolute atomic E-state index is 6.00. The van der Waals surface area contributed by atoms with Crippen LogP contribution in [0.15, 0.2) is 0 Å². The van der Waals surface area contributed by atoms with E-state index in [2.05, 4.69) is 0 Å². The standard InChI is InChI=1S/CH2Cl2.N2/c2-1-3;1-2/h1H2;. The summed E-state index contributed by atoms with van der Waals surface area (Å²) in [7, 11) is 0. The van der Waals surface area contributed by atoms with Gasteiger partial charge in [0.25, 0.3) is 0 Å². The molecule has 0 saturated carbocycles. The van der Waals surface area contributed by atoms with Crippen LogP contribution in [-0.4, -0.2) is 5.34 Å². The van der Waals surface area contributed by atoms with E-state index in [0.29, 0.717) is 0 Å². The predicted octanol–water partition coefficient (Wildman–Crippen LogP) is 1.45. The van der Waals surface area contributed by atoms with E-state index in [4.69, 9.17) is 34.0 Å². The van der Waals surface area contributed by atoms with Gasteiger partial charge in [-0.1, -0.05) is 0 Å². The Morgan fingerprint density at radius 1 is 1.20 bits per heavy atom. The highest BCUT2D eigenvalue weighted by atomic mass is 35.5. The number of alkyl halides is 2. The van der Waals surface area contributed by atoms with E-state index >= 15 is 0 Å². The van der Waals surface area contributed by atoms with Gasteiger partial charge < -0.3 is 0 Å². The van der Waals surface area contributed by atoms with E-state index in [9.17, 15) is 0 Å². The summed E-state index contributed by atoms with van der Waals surface area (Å²) >= 11 is 9.53. The molecule has 0 heterocycles. The lowest BCUT2D eigenvalue weighted by Crippen LogP contribution is -1.24. The first-order valence-electron chi connectivity index (χ1n) is 0.735. The molecule has 0 fully saturated rings. The van der Waals surface area contributed by atoms with Crippen LogP contribution in [-0.2, 0) is 0 Å². The summed E-state index contributed by atoms with van der Waals surface area (Å²) in [4.78, 5) is 0. The molecule has 0 aliphatic heterocycles. The molecule has 0 saturated heterocycles. The largest absolute Gasteiger partial charge is 0.109 e. The minimum atomic E-state index is 0.194. The Morgan fingerprint density at radius 2 is 1.20 bits per heavy atom. The van der Waals surface area contributed by atoms with Crippen LogP contribution in [0.2, 0.25) is 0 Å². The number of nitrogens with zero attached hydrogens (tertiary/aromatic N) is 2. The van der Waals surface area contributed by atoms with Crippen molar-refractivity contribution < 1.29 is 0 Å². The second-order valence-electron chi connectivity index (χ2n) is 0.101. The van der Waals surface area contributed by atoms with Gasteiger partial charge in [-0.05, 0) is 0 Å². The molecule has 0 N–H and O–H groups in total. The normalized spacial score (nSPS) is 4.00. The van der Waals surface area contributed by atoms with Gasteiger partial charge in [-0.15, -0.1) is 23.2 Å². The van der Waals surface area contributed by atoms with Crippen molar-refractivity contribution in [1.82, 2.24) is 0 Å². The molecule has 0 bridgehead atoms. The van der Waals surface area contributed by atoms with Crippen molar-refractivity contribution in [2.75, 3.05) is 5.34 Å². The minimum absolute atomic E-state index is 0.194. The number of hydrogen-bond donors (Lipinski definition) is 0. The lowest BCUT2D eigenvalue weighted by atomic mass is 11.9. The summed E-state index contributed by atoms with van der Waals surface area (Å²) < 4.78 is 0. The molecule has 0 amide bonds. The average molecular weight is 113 g/mol. The lowest BCUT2D eigenvalue weighted by molar-refractivity contribution is 1.15. The molecule has 0 spiro atoms. The number of rotatable bonds is 0. The molecule has 5 heavy (non-hydrogen) atoms. The zero-order chi connectivity index (χ0) is 4.71. The highest BCUT2D eigenvalue weighted by molar-refractivity contribution is 6.40. The maximum atomic E-state index is 6.00. The highest BCUT2D eigenvalue weighted by Crippen LogP contribution is 1.73. The van der Waals surface area contributed by atoms with Gasteiger partial charge in [0.05, 0.1) is 5.34 Å². The fourth-order valence-electron chi connectivity index (χ4n) is 0.